The molecule has 1 aliphatic heterocycles. The molecule has 2 amide bonds. The van der Waals surface area contributed by atoms with Gasteiger partial charge in [-0.1, -0.05) is 44.2 Å². The molecule has 6 heteroatoms. The summed E-state index contributed by atoms with van der Waals surface area (Å²) in [5.74, 6) is -0.124. The average Bonchev–Trinajstić information content (AvgIpc) is 3.21. The molecule has 0 saturated heterocycles. The van der Waals surface area contributed by atoms with Gasteiger partial charge in [-0.25, -0.2) is 0 Å². The van der Waals surface area contributed by atoms with Crippen LogP contribution in [0.1, 0.15) is 42.3 Å². The number of nitrogens with zero attached hydrogens (tertiary/aromatic N) is 2. The predicted octanol–water partition coefficient (Wildman–Crippen LogP) is 3.74. The van der Waals surface area contributed by atoms with Crippen LogP contribution in [0.3, 0.4) is 0 Å². The maximum atomic E-state index is 13.4. The highest BCUT2D eigenvalue weighted by molar-refractivity contribution is 7.10. The van der Waals surface area contributed by atoms with E-state index >= 15 is 0 Å². The van der Waals surface area contributed by atoms with Crippen LogP contribution in [-0.4, -0.2) is 55.0 Å². The van der Waals surface area contributed by atoms with Crippen LogP contribution in [0.4, 0.5) is 0 Å². The van der Waals surface area contributed by atoms with E-state index in [-0.39, 0.29) is 30.3 Å². The fraction of sp³-hybridized carbons (Fsp3) is 0.478. The van der Waals surface area contributed by atoms with E-state index in [1.54, 1.807) is 23.3 Å². The van der Waals surface area contributed by atoms with Crippen molar-refractivity contribution in [2.75, 3.05) is 33.4 Å². The minimum atomic E-state index is -0.139. The lowest BCUT2D eigenvalue weighted by atomic mass is 9.93. The standard InChI is InChI=1S/C23H30N2O3S/c1-17(2)23(27)24(12-7-14-28-3)16-21(26)25-13-10-20-19(11-15-29-20)22(25)18-8-5-4-6-9-18/h4-6,8-9,11,15,17,22H,7,10,12-14,16H2,1-3H3/t22-/m1/s1. The molecule has 1 aliphatic rings. The van der Waals surface area contributed by atoms with Crippen LogP contribution in [-0.2, 0) is 20.7 Å². The first-order valence-electron chi connectivity index (χ1n) is 10.2. The van der Waals surface area contributed by atoms with Crippen LogP contribution in [0, 0.1) is 5.92 Å². The molecule has 0 radical (unpaired) electrons. The van der Waals surface area contributed by atoms with Crippen LogP contribution in [0.25, 0.3) is 0 Å². The number of benzene rings is 1. The summed E-state index contributed by atoms with van der Waals surface area (Å²) in [4.78, 5) is 31.1. The summed E-state index contributed by atoms with van der Waals surface area (Å²) in [6.45, 7) is 5.65. The van der Waals surface area contributed by atoms with Crippen molar-refractivity contribution in [3.63, 3.8) is 0 Å². The Labute approximate surface area is 177 Å². The van der Waals surface area contributed by atoms with Gasteiger partial charge in [-0.15, -0.1) is 11.3 Å². The third-order valence-corrected chi connectivity index (χ3v) is 6.31. The number of hydrogen-bond donors (Lipinski definition) is 0. The molecule has 0 saturated carbocycles. The SMILES string of the molecule is COCCCN(CC(=O)N1CCc2sccc2[C@H]1c1ccccc1)C(=O)C(C)C. The van der Waals surface area contributed by atoms with Crippen molar-refractivity contribution in [2.45, 2.75) is 32.7 Å². The van der Waals surface area contributed by atoms with Crippen molar-refractivity contribution in [1.29, 1.82) is 0 Å². The minimum Gasteiger partial charge on any atom is -0.385 e. The number of ether oxygens (including phenoxy) is 1. The van der Waals surface area contributed by atoms with Gasteiger partial charge in [-0.05, 0) is 35.4 Å². The number of fused-ring (bicyclic) bond motifs is 1. The van der Waals surface area contributed by atoms with Gasteiger partial charge in [0.25, 0.3) is 0 Å². The van der Waals surface area contributed by atoms with E-state index in [0.29, 0.717) is 19.7 Å². The molecule has 0 aliphatic carbocycles. The normalized spacial score (nSPS) is 16.0. The highest BCUT2D eigenvalue weighted by Crippen LogP contribution is 2.37. The second-order valence-corrected chi connectivity index (χ2v) is 8.71. The Hall–Kier alpha value is -2.18. The van der Waals surface area contributed by atoms with Gasteiger partial charge in [0.15, 0.2) is 0 Å². The smallest absolute Gasteiger partial charge is 0.242 e. The molecule has 0 spiro atoms. The third-order valence-electron chi connectivity index (χ3n) is 5.31. The highest BCUT2D eigenvalue weighted by atomic mass is 32.1. The van der Waals surface area contributed by atoms with Gasteiger partial charge in [0.05, 0.1) is 12.6 Å². The maximum absolute atomic E-state index is 13.4. The van der Waals surface area contributed by atoms with Crippen LogP contribution >= 0.6 is 11.3 Å². The van der Waals surface area contributed by atoms with Gasteiger partial charge in [0.2, 0.25) is 11.8 Å². The molecule has 156 valence electrons. The van der Waals surface area contributed by atoms with Crippen LogP contribution in [0.2, 0.25) is 0 Å². The fourth-order valence-electron chi connectivity index (χ4n) is 3.87. The maximum Gasteiger partial charge on any atom is 0.242 e. The van der Waals surface area contributed by atoms with Gasteiger partial charge < -0.3 is 14.5 Å². The van der Waals surface area contributed by atoms with E-state index in [1.165, 1.54) is 10.4 Å². The molecule has 1 atom stereocenters. The number of amides is 2. The quantitative estimate of drug-likeness (QED) is 0.618. The summed E-state index contributed by atoms with van der Waals surface area (Å²) in [7, 11) is 1.65. The van der Waals surface area contributed by atoms with Crippen molar-refractivity contribution in [1.82, 2.24) is 9.80 Å². The number of carbonyl (C=O) groups is 2. The summed E-state index contributed by atoms with van der Waals surface area (Å²) < 4.78 is 5.13. The summed E-state index contributed by atoms with van der Waals surface area (Å²) in [5, 5.41) is 2.11. The fourth-order valence-corrected chi connectivity index (χ4v) is 4.77. The molecule has 5 nitrogen and oxygen atoms in total. The summed E-state index contributed by atoms with van der Waals surface area (Å²) in [6, 6.07) is 12.2. The monoisotopic (exact) mass is 414 g/mol. The molecule has 1 aromatic heterocycles. The lowest BCUT2D eigenvalue weighted by molar-refractivity contribution is -0.143. The van der Waals surface area contributed by atoms with E-state index in [0.717, 1.165) is 18.4 Å². The van der Waals surface area contributed by atoms with E-state index in [1.807, 2.05) is 36.9 Å². The molecule has 0 unspecified atom stereocenters. The van der Waals surface area contributed by atoms with Crippen molar-refractivity contribution in [3.05, 3.63) is 57.8 Å². The Morgan fingerprint density at radius 3 is 2.69 bits per heavy atom. The molecule has 0 bridgehead atoms. The van der Waals surface area contributed by atoms with Gasteiger partial charge in [-0.3, -0.25) is 9.59 Å². The number of methoxy groups -OCH3 is 1. The number of thiophene rings is 1. The Kier molecular flexibility index (Phi) is 7.45. The molecule has 0 fully saturated rings. The zero-order valence-electron chi connectivity index (χ0n) is 17.5. The van der Waals surface area contributed by atoms with Crippen molar-refractivity contribution >= 4 is 23.2 Å². The zero-order valence-corrected chi connectivity index (χ0v) is 18.3. The molecule has 0 N–H and O–H groups in total. The summed E-state index contributed by atoms with van der Waals surface area (Å²) in [6.07, 6.45) is 1.59. The lowest BCUT2D eigenvalue weighted by Gasteiger charge is -2.37. The topological polar surface area (TPSA) is 49.9 Å². The highest BCUT2D eigenvalue weighted by Gasteiger charge is 2.34. The van der Waals surface area contributed by atoms with Gasteiger partial charge in [-0.2, -0.15) is 0 Å². The number of hydrogen-bond acceptors (Lipinski definition) is 4. The molecular weight excluding hydrogens is 384 g/mol. The van der Waals surface area contributed by atoms with E-state index < -0.39 is 0 Å². The first-order chi connectivity index (χ1) is 14.0. The molecule has 29 heavy (non-hydrogen) atoms. The zero-order chi connectivity index (χ0) is 20.8. The van der Waals surface area contributed by atoms with E-state index in [9.17, 15) is 9.59 Å². The second-order valence-electron chi connectivity index (χ2n) is 7.71. The average molecular weight is 415 g/mol. The van der Waals surface area contributed by atoms with E-state index in [4.69, 9.17) is 4.74 Å². The van der Waals surface area contributed by atoms with E-state index in [2.05, 4.69) is 23.6 Å². The van der Waals surface area contributed by atoms with Gasteiger partial charge >= 0.3 is 0 Å². The molecular formula is C23H30N2O3S. The number of carbonyl (C=O) groups excluding carboxylic acids is 2. The third kappa shape index (κ3) is 5.06. The Balaban J connectivity index is 1.82. The van der Waals surface area contributed by atoms with Crippen LogP contribution < -0.4 is 0 Å². The molecule has 2 heterocycles. The molecule has 1 aromatic carbocycles. The number of rotatable bonds is 8. The Morgan fingerprint density at radius 2 is 2.00 bits per heavy atom. The first-order valence-corrected chi connectivity index (χ1v) is 11.1. The largest absolute Gasteiger partial charge is 0.385 e. The second kappa shape index (κ2) is 10.0. The first kappa shape index (κ1) is 21.5. The van der Waals surface area contributed by atoms with Crippen molar-refractivity contribution < 1.29 is 14.3 Å². The van der Waals surface area contributed by atoms with Crippen LogP contribution in [0.15, 0.2) is 41.8 Å². The van der Waals surface area contributed by atoms with Gasteiger partial charge in [0, 0.05) is 37.6 Å². The summed E-state index contributed by atoms with van der Waals surface area (Å²) in [5.41, 5.74) is 2.32. The Morgan fingerprint density at radius 1 is 1.24 bits per heavy atom. The predicted molar refractivity (Wildman–Crippen MR) is 116 cm³/mol. The molecule has 2 aromatic rings. The van der Waals surface area contributed by atoms with Gasteiger partial charge in [0.1, 0.15) is 0 Å². The van der Waals surface area contributed by atoms with Crippen LogP contribution in [0.5, 0.6) is 0 Å². The lowest BCUT2D eigenvalue weighted by Crippen LogP contribution is -2.47. The minimum absolute atomic E-state index is 0.00196. The van der Waals surface area contributed by atoms with Crippen molar-refractivity contribution in [3.8, 4) is 0 Å². The molecule has 3 rings (SSSR count). The summed E-state index contributed by atoms with van der Waals surface area (Å²) >= 11 is 1.76. The van der Waals surface area contributed by atoms with Crippen molar-refractivity contribution in [2.24, 2.45) is 5.92 Å². The Bertz CT molecular complexity index is 819.